The molecule has 0 aromatic heterocycles. The molecule has 0 aromatic carbocycles. The van der Waals surface area contributed by atoms with E-state index in [2.05, 4.69) is 19.9 Å². The lowest BCUT2D eigenvalue weighted by Gasteiger charge is -2.35. The molecule has 0 bridgehead atoms. The standard InChI is InChI=1S/C11H18O2S2/c1-11(2)14-8-6-10(15(11)12)9-5-3-4-7-13-9/h5,10H,3-4,6-8H2,1-2H3. The first-order valence-electron chi connectivity index (χ1n) is 5.49. The fraction of sp³-hybridized carbons (Fsp3) is 0.818. The maximum absolute atomic E-state index is 12.3. The van der Waals surface area contributed by atoms with Crippen molar-refractivity contribution >= 4 is 22.6 Å². The molecule has 86 valence electrons. The zero-order chi connectivity index (χ0) is 10.9. The van der Waals surface area contributed by atoms with Crippen LogP contribution in [0.5, 0.6) is 0 Å². The first-order chi connectivity index (χ1) is 7.11. The third-order valence-electron chi connectivity index (χ3n) is 2.85. The third-order valence-corrected chi connectivity index (χ3v) is 6.79. The van der Waals surface area contributed by atoms with Crippen molar-refractivity contribution in [3.05, 3.63) is 11.8 Å². The van der Waals surface area contributed by atoms with Crippen LogP contribution >= 0.6 is 11.8 Å². The Kier molecular flexibility index (Phi) is 3.45. The van der Waals surface area contributed by atoms with E-state index in [0.29, 0.717) is 0 Å². The van der Waals surface area contributed by atoms with Crippen molar-refractivity contribution in [2.75, 3.05) is 12.4 Å². The largest absolute Gasteiger partial charge is 0.497 e. The minimum atomic E-state index is -0.816. The normalized spacial score (nSPS) is 35.5. The van der Waals surface area contributed by atoms with Gasteiger partial charge in [0.05, 0.1) is 15.9 Å². The molecule has 2 atom stereocenters. The van der Waals surface area contributed by atoms with Crippen LogP contribution in [0.2, 0.25) is 0 Å². The van der Waals surface area contributed by atoms with Gasteiger partial charge in [0.2, 0.25) is 0 Å². The van der Waals surface area contributed by atoms with Crippen molar-refractivity contribution < 1.29 is 8.95 Å². The Morgan fingerprint density at radius 3 is 3.07 bits per heavy atom. The van der Waals surface area contributed by atoms with Gasteiger partial charge in [-0.15, -0.1) is 11.8 Å². The maximum Gasteiger partial charge on any atom is 0.108 e. The van der Waals surface area contributed by atoms with Crippen molar-refractivity contribution in [3.63, 3.8) is 0 Å². The van der Waals surface area contributed by atoms with Crippen LogP contribution in [-0.4, -0.2) is 25.9 Å². The molecular formula is C11H18O2S2. The van der Waals surface area contributed by atoms with Crippen LogP contribution in [0.3, 0.4) is 0 Å². The van der Waals surface area contributed by atoms with Gasteiger partial charge < -0.3 is 4.74 Å². The Labute approximate surface area is 98.3 Å². The summed E-state index contributed by atoms with van der Waals surface area (Å²) in [6.45, 7) is 4.94. The van der Waals surface area contributed by atoms with Crippen molar-refractivity contribution in [2.45, 2.75) is 42.4 Å². The molecule has 15 heavy (non-hydrogen) atoms. The maximum atomic E-state index is 12.3. The smallest absolute Gasteiger partial charge is 0.108 e. The van der Waals surface area contributed by atoms with Gasteiger partial charge in [0.15, 0.2) is 0 Å². The minimum Gasteiger partial charge on any atom is -0.497 e. The van der Waals surface area contributed by atoms with Crippen LogP contribution in [0.1, 0.15) is 33.1 Å². The molecule has 0 aliphatic carbocycles. The molecule has 2 heterocycles. The molecule has 2 unspecified atom stereocenters. The lowest BCUT2D eigenvalue weighted by molar-refractivity contribution is 0.185. The van der Waals surface area contributed by atoms with Crippen molar-refractivity contribution in [1.29, 1.82) is 0 Å². The average Bonchev–Trinajstić information content (AvgIpc) is 2.23. The summed E-state index contributed by atoms with van der Waals surface area (Å²) in [5.74, 6) is 2.08. The zero-order valence-electron chi connectivity index (χ0n) is 9.32. The van der Waals surface area contributed by atoms with Crippen LogP contribution in [0.25, 0.3) is 0 Å². The quantitative estimate of drug-likeness (QED) is 0.711. The Hall–Kier alpha value is 0.0400. The number of allylic oxidation sites excluding steroid dienone is 1. The Bertz CT molecular complexity index is 297. The van der Waals surface area contributed by atoms with Crippen molar-refractivity contribution in [2.24, 2.45) is 0 Å². The van der Waals surface area contributed by atoms with Gasteiger partial charge in [-0.25, -0.2) is 0 Å². The van der Waals surface area contributed by atoms with Gasteiger partial charge in [-0.1, -0.05) is 0 Å². The summed E-state index contributed by atoms with van der Waals surface area (Å²) in [7, 11) is -0.816. The van der Waals surface area contributed by atoms with Crippen molar-refractivity contribution in [1.82, 2.24) is 0 Å². The SMILES string of the molecule is CC1(C)SCCC(C2=CCCCO2)S1=O. The second kappa shape index (κ2) is 4.50. The first-order valence-corrected chi connectivity index (χ1v) is 7.68. The summed E-state index contributed by atoms with van der Waals surface area (Å²) in [6, 6.07) is 0. The van der Waals surface area contributed by atoms with Crippen molar-refractivity contribution in [3.8, 4) is 0 Å². The molecule has 1 fully saturated rings. The number of thioether (sulfide) groups is 1. The molecule has 0 radical (unpaired) electrons. The van der Waals surface area contributed by atoms with Crippen LogP contribution < -0.4 is 0 Å². The monoisotopic (exact) mass is 246 g/mol. The van der Waals surface area contributed by atoms with E-state index in [1.807, 2.05) is 11.8 Å². The summed E-state index contributed by atoms with van der Waals surface area (Å²) >= 11 is 1.81. The third kappa shape index (κ3) is 2.41. The van der Waals surface area contributed by atoms with Crippen LogP contribution in [-0.2, 0) is 15.5 Å². The zero-order valence-corrected chi connectivity index (χ0v) is 11.0. The van der Waals surface area contributed by atoms with Gasteiger partial charge >= 0.3 is 0 Å². The van der Waals surface area contributed by atoms with Gasteiger partial charge in [0.25, 0.3) is 0 Å². The molecule has 1 saturated heterocycles. The lowest BCUT2D eigenvalue weighted by Crippen LogP contribution is -2.38. The highest BCUT2D eigenvalue weighted by atomic mass is 32.2. The van der Waals surface area contributed by atoms with Gasteiger partial charge in [-0.05, 0) is 44.9 Å². The van der Waals surface area contributed by atoms with Crippen LogP contribution in [0.4, 0.5) is 0 Å². The van der Waals surface area contributed by atoms with E-state index in [1.165, 1.54) is 0 Å². The topological polar surface area (TPSA) is 26.3 Å². The fourth-order valence-electron chi connectivity index (χ4n) is 1.97. The number of hydrogen-bond acceptors (Lipinski definition) is 3. The second-order valence-corrected chi connectivity index (χ2v) is 8.58. The van der Waals surface area contributed by atoms with Gasteiger partial charge in [0, 0.05) is 10.8 Å². The number of hydrogen-bond donors (Lipinski definition) is 0. The van der Waals surface area contributed by atoms with Gasteiger partial charge in [-0.2, -0.15) is 0 Å². The Morgan fingerprint density at radius 2 is 2.40 bits per heavy atom. The van der Waals surface area contributed by atoms with Crippen LogP contribution in [0.15, 0.2) is 11.8 Å². The summed E-state index contributed by atoms with van der Waals surface area (Å²) in [6.07, 6.45) is 5.31. The Balaban J connectivity index is 2.14. The summed E-state index contributed by atoms with van der Waals surface area (Å²) < 4.78 is 17.8. The first kappa shape index (κ1) is 11.5. The van der Waals surface area contributed by atoms with Crippen LogP contribution in [0, 0.1) is 0 Å². The summed E-state index contributed by atoms with van der Waals surface area (Å²) in [5.41, 5.74) is 0. The Morgan fingerprint density at radius 1 is 1.60 bits per heavy atom. The van der Waals surface area contributed by atoms with E-state index in [4.69, 9.17) is 4.74 Å². The molecule has 4 heteroatoms. The molecule has 0 spiro atoms. The fourth-order valence-corrected chi connectivity index (χ4v) is 5.42. The second-order valence-electron chi connectivity index (χ2n) is 4.42. The number of rotatable bonds is 1. The van der Waals surface area contributed by atoms with Gasteiger partial charge in [-0.3, -0.25) is 4.21 Å². The number of ether oxygens (including phenoxy) is 1. The molecular weight excluding hydrogens is 228 g/mol. The highest BCUT2D eigenvalue weighted by molar-refractivity contribution is 8.13. The van der Waals surface area contributed by atoms with E-state index in [0.717, 1.165) is 37.4 Å². The van der Waals surface area contributed by atoms with Gasteiger partial charge in [0.1, 0.15) is 5.76 Å². The predicted octanol–water partition coefficient (Wildman–Crippen LogP) is 2.67. The molecule has 2 aliphatic heterocycles. The highest BCUT2D eigenvalue weighted by Crippen LogP contribution is 2.39. The van der Waals surface area contributed by atoms with E-state index in [1.54, 1.807) is 0 Å². The molecule has 0 aromatic rings. The molecule has 0 saturated carbocycles. The molecule has 2 aliphatic rings. The van der Waals surface area contributed by atoms with E-state index in [9.17, 15) is 4.21 Å². The molecule has 0 amide bonds. The summed E-state index contributed by atoms with van der Waals surface area (Å²) in [5, 5.41) is 0.140. The average molecular weight is 246 g/mol. The van der Waals surface area contributed by atoms with E-state index >= 15 is 0 Å². The minimum absolute atomic E-state index is 0.120. The highest BCUT2D eigenvalue weighted by Gasteiger charge is 2.39. The molecule has 2 rings (SSSR count). The van der Waals surface area contributed by atoms with E-state index < -0.39 is 10.8 Å². The predicted molar refractivity (Wildman–Crippen MR) is 66.4 cm³/mol. The van der Waals surface area contributed by atoms with E-state index in [-0.39, 0.29) is 9.33 Å². The lowest BCUT2D eigenvalue weighted by atomic mass is 10.2. The summed E-state index contributed by atoms with van der Waals surface area (Å²) in [4.78, 5) is 0. The molecule has 0 N–H and O–H groups in total. The molecule has 2 nitrogen and oxygen atoms in total.